The van der Waals surface area contributed by atoms with E-state index in [-0.39, 0.29) is 11.5 Å². The van der Waals surface area contributed by atoms with Crippen molar-refractivity contribution < 1.29 is 14.3 Å². The molecule has 0 saturated carbocycles. The maximum Gasteiger partial charge on any atom is 0.358 e. The number of carbonyl (C=O) groups excluding carboxylic acids is 2. The smallest absolute Gasteiger partial charge is 0.358 e. The topological polar surface area (TPSA) is 61.2 Å². The number of carbonyl (C=O) groups is 2. The maximum atomic E-state index is 11.4. The molecule has 2 heterocycles. The largest absolute Gasteiger partial charge is 0.461 e. The van der Waals surface area contributed by atoms with Gasteiger partial charge in [0, 0.05) is 19.2 Å². The third-order valence-corrected chi connectivity index (χ3v) is 2.31. The highest BCUT2D eigenvalue weighted by Gasteiger charge is 2.22. The monoisotopic (exact) mass is 208 g/mol. The zero-order valence-corrected chi connectivity index (χ0v) is 8.52. The molecule has 1 aromatic heterocycles. The van der Waals surface area contributed by atoms with E-state index < -0.39 is 5.97 Å². The highest BCUT2D eigenvalue weighted by molar-refractivity contribution is 5.95. The van der Waals surface area contributed by atoms with Gasteiger partial charge in [-0.1, -0.05) is 0 Å². The predicted octanol–water partition coefficient (Wildman–Crippen LogP) is 1.04. The van der Waals surface area contributed by atoms with Crippen LogP contribution < -0.4 is 0 Å². The summed E-state index contributed by atoms with van der Waals surface area (Å²) < 4.78 is 6.54. The van der Waals surface area contributed by atoms with Crippen LogP contribution in [-0.4, -0.2) is 27.9 Å². The third kappa shape index (κ3) is 1.77. The van der Waals surface area contributed by atoms with Crippen LogP contribution in [-0.2, 0) is 11.3 Å². The molecule has 80 valence electrons. The fraction of sp³-hybridized carbons (Fsp3) is 0.500. The average Bonchev–Trinajstić information content (AvgIpc) is 2.63. The Hall–Kier alpha value is -1.65. The van der Waals surface area contributed by atoms with Gasteiger partial charge in [0.15, 0.2) is 17.3 Å². The quantitative estimate of drug-likeness (QED) is 0.681. The minimum Gasteiger partial charge on any atom is -0.461 e. The van der Waals surface area contributed by atoms with E-state index in [9.17, 15) is 9.59 Å². The summed E-state index contributed by atoms with van der Waals surface area (Å²) in [6.07, 6.45) is 2.91. The molecule has 0 radical (unpaired) electrons. The molecule has 0 amide bonds. The average molecular weight is 208 g/mol. The van der Waals surface area contributed by atoms with Crippen molar-refractivity contribution in [2.45, 2.75) is 26.3 Å². The molecule has 0 N–H and O–H groups in total. The van der Waals surface area contributed by atoms with Gasteiger partial charge in [0.1, 0.15) is 0 Å². The Kier molecular flexibility index (Phi) is 2.53. The lowest BCUT2D eigenvalue weighted by Crippen LogP contribution is -2.16. The Balaban J connectivity index is 2.29. The molecular weight excluding hydrogens is 196 g/mol. The van der Waals surface area contributed by atoms with Crippen molar-refractivity contribution in [3.63, 3.8) is 0 Å². The van der Waals surface area contributed by atoms with E-state index in [0.29, 0.717) is 18.9 Å². The molecule has 5 nitrogen and oxygen atoms in total. The van der Waals surface area contributed by atoms with Crippen LogP contribution in [0.1, 0.15) is 40.9 Å². The van der Waals surface area contributed by atoms with Crippen molar-refractivity contribution in [2.75, 3.05) is 6.61 Å². The molecule has 0 aromatic carbocycles. The number of hydrogen-bond donors (Lipinski definition) is 0. The Morgan fingerprint density at radius 1 is 1.67 bits per heavy atom. The molecule has 0 spiro atoms. The van der Waals surface area contributed by atoms with Gasteiger partial charge in [0.2, 0.25) is 0 Å². The van der Waals surface area contributed by atoms with E-state index in [0.717, 1.165) is 13.0 Å². The molecule has 15 heavy (non-hydrogen) atoms. The molecule has 0 saturated heterocycles. The summed E-state index contributed by atoms with van der Waals surface area (Å²) in [5.74, 6) is -0.0895. The first-order valence-electron chi connectivity index (χ1n) is 5.00. The zero-order valence-electron chi connectivity index (χ0n) is 8.52. The van der Waals surface area contributed by atoms with Crippen LogP contribution in [0.3, 0.4) is 0 Å². The van der Waals surface area contributed by atoms with Crippen LogP contribution >= 0.6 is 0 Å². The Bertz CT molecular complexity index is 409. The second-order valence-electron chi connectivity index (χ2n) is 3.39. The first-order chi connectivity index (χ1) is 7.22. The summed E-state index contributed by atoms with van der Waals surface area (Å²) in [4.78, 5) is 26.8. The van der Waals surface area contributed by atoms with Crippen LogP contribution in [0.15, 0.2) is 6.20 Å². The second kappa shape index (κ2) is 3.84. The molecule has 2 rings (SSSR count). The number of hydrogen-bond acceptors (Lipinski definition) is 4. The van der Waals surface area contributed by atoms with Crippen molar-refractivity contribution in [3.05, 3.63) is 17.7 Å². The number of aromatic nitrogens is 2. The Labute approximate surface area is 87.1 Å². The molecule has 1 aromatic rings. The van der Waals surface area contributed by atoms with E-state index in [1.54, 1.807) is 17.7 Å². The molecule has 0 unspecified atom stereocenters. The number of Topliss-reactive ketones (excluding diaryl/α,β-unsaturated/α-hetero) is 1. The summed E-state index contributed by atoms with van der Waals surface area (Å²) in [5.41, 5.74) is 0.224. The highest BCUT2D eigenvalue weighted by Crippen LogP contribution is 2.15. The van der Waals surface area contributed by atoms with Crippen molar-refractivity contribution in [3.8, 4) is 0 Å². The van der Waals surface area contributed by atoms with Crippen molar-refractivity contribution >= 4 is 11.8 Å². The van der Waals surface area contributed by atoms with Gasteiger partial charge >= 0.3 is 5.97 Å². The van der Waals surface area contributed by atoms with Gasteiger partial charge in [-0.15, -0.1) is 0 Å². The Morgan fingerprint density at radius 2 is 2.47 bits per heavy atom. The van der Waals surface area contributed by atoms with E-state index in [2.05, 4.69) is 4.98 Å². The van der Waals surface area contributed by atoms with Crippen LogP contribution in [0.25, 0.3) is 0 Å². The van der Waals surface area contributed by atoms with Crippen LogP contribution in [0, 0.1) is 0 Å². The van der Waals surface area contributed by atoms with Crippen molar-refractivity contribution in [2.24, 2.45) is 0 Å². The number of nitrogens with zero attached hydrogens (tertiary/aromatic N) is 2. The highest BCUT2D eigenvalue weighted by atomic mass is 16.5. The number of aryl methyl sites for hydroxylation is 1. The molecule has 1 aliphatic rings. The minimum atomic E-state index is -0.466. The SMILES string of the molecule is CCOC(=O)c1cn2c(n1)C(=O)CCC2. The molecule has 0 bridgehead atoms. The van der Waals surface area contributed by atoms with Crippen LogP contribution in [0.2, 0.25) is 0 Å². The zero-order chi connectivity index (χ0) is 10.8. The van der Waals surface area contributed by atoms with E-state index >= 15 is 0 Å². The lowest BCUT2D eigenvalue weighted by molar-refractivity contribution is 0.0520. The van der Waals surface area contributed by atoms with Gasteiger partial charge in [0.25, 0.3) is 0 Å². The molecule has 1 aliphatic heterocycles. The lowest BCUT2D eigenvalue weighted by atomic mass is 10.1. The van der Waals surface area contributed by atoms with Crippen LogP contribution in [0.4, 0.5) is 0 Å². The summed E-state index contributed by atoms with van der Waals surface area (Å²) in [5, 5.41) is 0. The maximum absolute atomic E-state index is 11.4. The predicted molar refractivity (Wildman–Crippen MR) is 51.7 cm³/mol. The number of ether oxygens (including phenoxy) is 1. The van der Waals surface area contributed by atoms with Gasteiger partial charge < -0.3 is 9.30 Å². The molecule has 5 heteroatoms. The van der Waals surface area contributed by atoms with E-state index in [1.165, 1.54) is 0 Å². The molecular formula is C10H12N2O3. The van der Waals surface area contributed by atoms with E-state index in [4.69, 9.17) is 4.74 Å². The summed E-state index contributed by atoms with van der Waals surface area (Å²) in [6, 6.07) is 0. The first-order valence-corrected chi connectivity index (χ1v) is 5.00. The van der Waals surface area contributed by atoms with E-state index in [1.807, 2.05) is 0 Å². The summed E-state index contributed by atoms with van der Waals surface area (Å²) in [6.45, 7) is 2.79. The lowest BCUT2D eigenvalue weighted by Gasteiger charge is -2.10. The van der Waals surface area contributed by atoms with Gasteiger partial charge in [-0.05, 0) is 13.3 Å². The number of esters is 1. The number of ketones is 1. The standard InChI is InChI=1S/C10H12N2O3/c1-2-15-10(14)7-6-12-5-3-4-8(13)9(12)11-7/h6H,2-5H2,1H3. The fourth-order valence-corrected chi connectivity index (χ4v) is 1.63. The third-order valence-electron chi connectivity index (χ3n) is 2.31. The van der Waals surface area contributed by atoms with Crippen LogP contribution in [0.5, 0.6) is 0 Å². The molecule has 0 atom stereocenters. The minimum absolute atomic E-state index is 0.00296. The Morgan fingerprint density at radius 3 is 3.13 bits per heavy atom. The van der Waals surface area contributed by atoms with Gasteiger partial charge in [-0.3, -0.25) is 4.79 Å². The number of fused-ring (bicyclic) bond motifs is 1. The van der Waals surface area contributed by atoms with Crippen molar-refractivity contribution in [1.82, 2.24) is 9.55 Å². The summed E-state index contributed by atoms with van der Waals surface area (Å²) in [7, 11) is 0. The number of imidazole rings is 1. The first kappa shape index (κ1) is 9.89. The van der Waals surface area contributed by atoms with Gasteiger partial charge in [-0.25, -0.2) is 9.78 Å². The second-order valence-corrected chi connectivity index (χ2v) is 3.39. The van der Waals surface area contributed by atoms with Gasteiger partial charge in [-0.2, -0.15) is 0 Å². The normalized spacial score (nSPS) is 14.9. The molecule has 0 aliphatic carbocycles. The van der Waals surface area contributed by atoms with Crippen molar-refractivity contribution in [1.29, 1.82) is 0 Å². The summed E-state index contributed by atoms with van der Waals surface area (Å²) >= 11 is 0. The number of rotatable bonds is 2. The molecule has 0 fully saturated rings. The van der Waals surface area contributed by atoms with Gasteiger partial charge in [0.05, 0.1) is 6.61 Å². The fourth-order valence-electron chi connectivity index (χ4n) is 1.63.